The topological polar surface area (TPSA) is 71.0 Å². The molecule has 0 atom stereocenters. The van der Waals surface area contributed by atoms with Crippen molar-refractivity contribution >= 4 is 5.91 Å². The van der Waals surface area contributed by atoms with Crippen LogP contribution >= 0.6 is 0 Å². The van der Waals surface area contributed by atoms with Crippen molar-refractivity contribution in [3.63, 3.8) is 0 Å². The molecular formula is C27H25FN4O2. The molecule has 5 rings (SSSR count). The first-order valence-electron chi connectivity index (χ1n) is 11.3. The number of carbonyl (C=O) groups excluding carboxylic acids is 1. The summed E-state index contributed by atoms with van der Waals surface area (Å²) in [5.41, 5.74) is 4.72. The second kappa shape index (κ2) is 8.74. The Kier molecular flexibility index (Phi) is 5.61. The van der Waals surface area contributed by atoms with Crippen LogP contribution in [-0.4, -0.2) is 31.9 Å². The lowest BCUT2D eigenvalue weighted by Crippen LogP contribution is -2.39. The fourth-order valence-corrected chi connectivity index (χ4v) is 4.60. The zero-order valence-electron chi connectivity index (χ0n) is 19.1. The summed E-state index contributed by atoms with van der Waals surface area (Å²) < 4.78 is 15.8. The maximum atomic E-state index is 14.2. The number of aromatic nitrogens is 3. The van der Waals surface area contributed by atoms with Crippen LogP contribution in [0.15, 0.2) is 65.5 Å². The van der Waals surface area contributed by atoms with Gasteiger partial charge in [0.05, 0.1) is 0 Å². The van der Waals surface area contributed by atoms with Crippen LogP contribution in [0.5, 0.6) is 0 Å². The van der Waals surface area contributed by atoms with E-state index in [-0.39, 0.29) is 23.7 Å². The summed E-state index contributed by atoms with van der Waals surface area (Å²) >= 11 is 0. The lowest BCUT2D eigenvalue weighted by molar-refractivity contribution is 0.0726. The number of nitrogens with zero attached hydrogens (tertiary/aromatic N) is 3. The summed E-state index contributed by atoms with van der Waals surface area (Å²) in [6.45, 7) is 2.72. The predicted molar refractivity (Wildman–Crippen MR) is 128 cm³/mol. The molecule has 3 heterocycles. The van der Waals surface area contributed by atoms with Gasteiger partial charge in [-0.1, -0.05) is 48.5 Å². The minimum atomic E-state index is -0.331. The zero-order chi connectivity index (χ0) is 23.8. The number of rotatable bonds is 4. The van der Waals surface area contributed by atoms with Crippen molar-refractivity contribution in [2.45, 2.75) is 26.3 Å². The minimum Gasteiger partial charge on any atom is -0.341 e. The maximum Gasteiger partial charge on any atom is 0.274 e. The van der Waals surface area contributed by atoms with Gasteiger partial charge in [0.25, 0.3) is 11.5 Å². The van der Waals surface area contributed by atoms with Crippen molar-refractivity contribution in [2.24, 2.45) is 7.05 Å². The Morgan fingerprint density at radius 1 is 1.09 bits per heavy atom. The number of nitrogens with one attached hydrogen (secondary N) is 1. The molecule has 0 aliphatic carbocycles. The number of hydrogen-bond donors (Lipinski definition) is 1. The SMILES string of the molecule is Cc1[nH]c(-c2ccccc2)nc1C(=O)N1CCc2c(cc(Cc3ccccc3F)c(=O)n2C)C1. The second-order valence-corrected chi connectivity index (χ2v) is 8.68. The van der Waals surface area contributed by atoms with Gasteiger partial charge in [0.1, 0.15) is 17.3 Å². The molecule has 0 saturated carbocycles. The van der Waals surface area contributed by atoms with E-state index >= 15 is 0 Å². The van der Waals surface area contributed by atoms with Gasteiger partial charge in [-0.05, 0) is 30.2 Å². The Bertz CT molecular complexity index is 1440. The van der Waals surface area contributed by atoms with Crippen LogP contribution in [0, 0.1) is 12.7 Å². The van der Waals surface area contributed by atoms with Crippen molar-refractivity contribution in [1.82, 2.24) is 19.4 Å². The molecule has 0 radical (unpaired) electrons. The average molecular weight is 457 g/mol. The molecule has 0 bridgehead atoms. The van der Waals surface area contributed by atoms with Gasteiger partial charge in [0.2, 0.25) is 0 Å². The van der Waals surface area contributed by atoms with Gasteiger partial charge in [-0.3, -0.25) is 9.59 Å². The molecule has 1 N–H and O–H groups in total. The normalized spacial score (nSPS) is 13.1. The molecule has 0 spiro atoms. The number of benzene rings is 2. The summed E-state index contributed by atoms with van der Waals surface area (Å²) in [5, 5.41) is 0. The molecule has 0 unspecified atom stereocenters. The smallest absolute Gasteiger partial charge is 0.274 e. The van der Waals surface area contributed by atoms with E-state index < -0.39 is 0 Å². The van der Waals surface area contributed by atoms with Gasteiger partial charge < -0.3 is 14.5 Å². The molecule has 2 aromatic carbocycles. The molecule has 7 heteroatoms. The highest BCUT2D eigenvalue weighted by Gasteiger charge is 2.27. The molecular weight excluding hydrogens is 431 g/mol. The molecule has 1 amide bonds. The number of aryl methyl sites for hydroxylation is 1. The molecule has 0 fully saturated rings. The van der Waals surface area contributed by atoms with Crippen LogP contribution in [0.2, 0.25) is 0 Å². The first-order valence-corrected chi connectivity index (χ1v) is 11.3. The number of amides is 1. The van der Waals surface area contributed by atoms with Crippen molar-refractivity contribution in [3.05, 3.63) is 111 Å². The Morgan fingerprint density at radius 3 is 2.59 bits per heavy atom. The summed E-state index contributed by atoms with van der Waals surface area (Å²) in [4.78, 5) is 35.9. The van der Waals surface area contributed by atoms with E-state index in [1.165, 1.54) is 6.07 Å². The Hall–Kier alpha value is -4.00. The Labute approximate surface area is 196 Å². The third kappa shape index (κ3) is 3.94. The third-order valence-corrected chi connectivity index (χ3v) is 6.44. The number of hydrogen-bond acceptors (Lipinski definition) is 3. The Morgan fingerprint density at radius 2 is 1.82 bits per heavy atom. The molecule has 0 saturated heterocycles. The first kappa shape index (κ1) is 21.8. The number of aromatic amines is 1. The summed E-state index contributed by atoms with van der Waals surface area (Å²) in [7, 11) is 1.74. The zero-order valence-corrected chi connectivity index (χ0v) is 19.1. The number of imidazole rings is 1. The number of carbonyl (C=O) groups is 1. The van der Waals surface area contributed by atoms with Crippen LogP contribution in [0.3, 0.4) is 0 Å². The van der Waals surface area contributed by atoms with Crippen LogP contribution in [0.1, 0.15) is 38.6 Å². The van der Waals surface area contributed by atoms with Crippen molar-refractivity contribution < 1.29 is 9.18 Å². The number of pyridine rings is 1. The summed E-state index contributed by atoms with van der Waals surface area (Å²) in [6.07, 6.45) is 0.779. The molecule has 1 aliphatic rings. The lowest BCUT2D eigenvalue weighted by atomic mass is 9.99. The van der Waals surface area contributed by atoms with E-state index in [4.69, 9.17) is 0 Å². The van der Waals surface area contributed by atoms with Gasteiger partial charge in [-0.25, -0.2) is 9.37 Å². The molecule has 34 heavy (non-hydrogen) atoms. The van der Waals surface area contributed by atoms with Gasteiger partial charge in [0, 0.05) is 55.5 Å². The molecule has 1 aliphatic heterocycles. The van der Waals surface area contributed by atoms with Crippen LogP contribution < -0.4 is 5.56 Å². The first-order chi connectivity index (χ1) is 16.4. The molecule has 2 aromatic heterocycles. The van der Waals surface area contributed by atoms with E-state index in [2.05, 4.69) is 9.97 Å². The monoisotopic (exact) mass is 456 g/mol. The lowest BCUT2D eigenvalue weighted by Gasteiger charge is -2.30. The summed E-state index contributed by atoms with van der Waals surface area (Å²) in [6, 6.07) is 18.0. The van der Waals surface area contributed by atoms with Gasteiger partial charge in [0.15, 0.2) is 0 Å². The van der Waals surface area contributed by atoms with E-state index in [0.29, 0.717) is 42.2 Å². The molecule has 172 valence electrons. The maximum absolute atomic E-state index is 14.2. The highest BCUT2D eigenvalue weighted by atomic mass is 19.1. The quantitative estimate of drug-likeness (QED) is 0.504. The number of H-pyrrole nitrogens is 1. The van der Waals surface area contributed by atoms with Crippen molar-refractivity contribution in [1.29, 1.82) is 0 Å². The summed E-state index contributed by atoms with van der Waals surface area (Å²) in [5.74, 6) is 0.182. The largest absolute Gasteiger partial charge is 0.341 e. The van der Waals surface area contributed by atoms with Crippen molar-refractivity contribution in [3.8, 4) is 11.4 Å². The van der Waals surface area contributed by atoms with Gasteiger partial charge in [-0.2, -0.15) is 0 Å². The van der Waals surface area contributed by atoms with Crippen LogP contribution in [0.4, 0.5) is 4.39 Å². The van der Waals surface area contributed by atoms with E-state index in [1.54, 1.807) is 34.7 Å². The Balaban J connectivity index is 1.43. The fourth-order valence-electron chi connectivity index (χ4n) is 4.60. The molecule has 4 aromatic rings. The van der Waals surface area contributed by atoms with E-state index in [1.807, 2.05) is 43.3 Å². The van der Waals surface area contributed by atoms with Crippen LogP contribution in [-0.2, 0) is 26.4 Å². The molecule has 6 nitrogen and oxygen atoms in total. The second-order valence-electron chi connectivity index (χ2n) is 8.68. The van der Waals surface area contributed by atoms with E-state index in [0.717, 1.165) is 22.5 Å². The highest BCUT2D eigenvalue weighted by Crippen LogP contribution is 2.24. The predicted octanol–water partition coefficient (Wildman–Crippen LogP) is 4.01. The van der Waals surface area contributed by atoms with Crippen LogP contribution in [0.25, 0.3) is 11.4 Å². The standard InChI is InChI=1S/C27H25FN4O2/c1-17-24(30-25(29-17)18-8-4-3-5-9-18)27(34)32-13-12-23-21(16-32)15-20(26(33)31(23)2)14-19-10-6-7-11-22(19)28/h3-11,15H,12-14,16H2,1-2H3,(H,29,30). The highest BCUT2D eigenvalue weighted by molar-refractivity contribution is 5.94. The number of fused-ring (bicyclic) bond motifs is 1. The average Bonchev–Trinajstić information content (AvgIpc) is 3.25. The van der Waals surface area contributed by atoms with Crippen molar-refractivity contribution in [2.75, 3.05) is 6.54 Å². The van der Waals surface area contributed by atoms with Gasteiger partial charge >= 0.3 is 0 Å². The number of halogens is 1. The van der Waals surface area contributed by atoms with E-state index in [9.17, 15) is 14.0 Å². The minimum absolute atomic E-state index is 0.127. The van der Waals surface area contributed by atoms with Gasteiger partial charge in [-0.15, -0.1) is 0 Å². The third-order valence-electron chi connectivity index (χ3n) is 6.44. The fraction of sp³-hybridized carbons (Fsp3) is 0.222.